The number of benzene rings is 1. The number of carbonyl (C=O) groups is 2. The van der Waals surface area contributed by atoms with E-state index in [0.717, 1.165) is 16.6 Å². The predicted molar refractivity (Wildman–Crippen MR) is 128 cm³/mol. The smallest absolute Gasteiger partial charge is 0.479 e. The Bertz CT molecular complexity index is 1340. The lowest BCUT2D eigenvalue weighted by Gasteiger charge is -2.29. The molecule has 0 radical (unpaired) electrons. The lowest BCUT2D eigenvalue weighted by Crippen LogP contribution is -2.39. The van der Waals surface area contributed by atoms with Crippen LogP contribution in [0.1, 0.15) is 37.1 Å². The highest BCUT2D eigenvalue weighted by Crippen LogP contribution is 2.33. The van der Waals surface area contributed by atoms with Crippen LogP contribution in [0.15, 0.2) is 36.5 Å². The molecule has 12 heteroatoms. The van der Waals surface area contributed by atoms with Crippen molar-refractivity contribution < 1.29 is 37.3 Å². The van der Waals surface area contributed by atoms with Crippen LogP contribution in [-0.4, -0.2) is 56.5 Å². The van der Waals surface area contributed by atoms with Crippen molar-refractivity contribution in [1.82, 2.24) is 14.5 Å². The second-order valence-corrected chi connectivity index (χ2v) is 9.58. The van der Waals surface area contributed by atoms with Crippen LogP contribution in [0.3, 0.4) is 0 Å². The lowest BCUT2D eigenvalue weighted by molar-refractivity contribution is -0.274. The fourth-order valence-electron chi connectivity index (χ4n) is 4.29. The number of carboxylic acid groups (broad SMARTS) is 1. The Morgan fingerprint density at radius 2 is 1.97 bits per heavy atom. The molecular weight excluding hydrogens is 515 g/mol. The van der Waals surface area contributed by atoms with Crippen molar-refractivity contribution >= 4 is 34.5 Å². The first-order valence-electron chi connectivity index (χ1n) is 11.5. The Hall–Kier alpha value is -3.31. The van der Waals surface area contributed by atoms with E-state index in [1.165, 1.54) is 32.0 Å². The van der Waals surface area contributed by atoms with Gasteiger partial charge in [-0.05, 0) is 55.7 Å². The molecule has 2 aromatic heterocycles. The van der Waals surface area contributed by atoms with Crippen LogP contribution in [0.25, 0.3) is 11.0 Å². The molecule has 0 unspecified atom stereocenters. The summed E-state index contributed by atoms with van der Waals surface area (Å²) in [7, 11) is 0. The van der Waals surface area contributed by atoms with Gasteiger partial charge >= 0.3 is 12.3 Å². The van der Waals surface area contributed by atoms with Crippen LogP contribution < -0.4 is 4.74 Å². The number of alkyl halides is 3. The van der Waals surface area contributed by atoms with E-state index in [2.05, 4.69) is 9.72 Å². The zero-order valence-electron chi connectivity index (χ0n) is 20.1. The van der Waals surface area contributed by atoms with Crippen LogP contribution in [0, 0.1) is 0 Å². The molecular formula is C25H25ClF3N3O5. The van der Waals surface area contributed by atoms with Crippen molar-refractivity contribution in [2.45, 2.75) is 51.7 Å². The molecule has 0 fully saturated rings. The van der Waals surface area contributed by atoms with Crippen molar-refractivity contribution in [3.8, 4) is 5.75 Å². The Morgan fingerprint density at radius 1 is 1.22 bits per heavy atom. The summed E-state index contributed by atoms with van der Waals surface area (Å²) in [6.45, 7) is 3.87. The first kappa shape index (κ1) is 26.7. The summed E-state index contributed by atoms with van der Waals surface area (Å²) in [5, 5.41) is 9.94. The lowest BCUT2D eigenvalue weighted by atomic mass is 10.0. The number of hydrogen-bond donors (Lipinski definition) is 1. The van der Waals surface area contributed by atoms with E-state index in [1.807, 2.05) is 16.7 Å². The molecule has 37 heavy (non-hydrogen) atoms. The summed E-state index contributed by atoms with van der Waals surface area (Å²) < 4.78 is 49.1. The van der Waals surface area contributed by atoms with E-state index in [1.54, 1.807) is 11.1 Å². The fourth-order valence-corrected chi connectivity index (χ4v) is 4.53. The van der Waals surface area contributed by atoms with Crippen molar-refractivity contribution in [3.05, 3.63) is 58.4 Å². The third-order valence-corrected chi connectivity index (χ3v) is 6.52. The maximum atomic E-state index is 12.9. The van der Waals surface area contributed by atoms with Gasteiger partial charge in [0.05, 0.1) is 24.6 Å². The third kappa shape index (κ3) is 5.99. The number of nitrogens with zero attached hydrogens (tertiary/aromatic N) is 3. The molecule has 4 rings (SSSR count). The highest BCUT2D eigenvalue weighted by Gasteiger charge is 2.32. The van der Waals surface area contributed by atoms with Gasteiger partial charge < -0.3 is 24.0 Å². The Morgan fingerprint density at radius 3 is 2.65 bits per heavy atom. The number of ether oxygens (including phenoxy) is 2. The monoisotopic (exact) mass is 539 g/mol. The van der Waals surface area contributed by atoms with Gasteiger partial charge in [0, 0.05) is 30.4 Å². The molecule has 1 N–H and O–H groups in total. The van der Waals surface area contributed by atoms with E-state index in [4.69, 9.17) is 16.3 Å². The first-order chi connectivity index (χ1) is 17.4. The number of aromatic nitrogens is 2. The molecule has 1 aliphatic rings. The Labute approximate surface area is 215 Å². The number of hydrogen-bond acceptors (Lipinski definition) is 5. The molecule has 3 aromatic rings. The summed E-state index contributed by atoms with van der Waals surface area (Å²) >= 11 is 6.05. The minimum Gasteiger partial charge on any atom is -0.479 e. The van der Waals surface area contributed by atoms with Gasteiger partial charge in [0.2, 0.25) is 5.91 Å². The van der Waals surface area contributed by atoms with Crippen molar-refractivity contribution in [2.75, 3.05) is 13.2 Å². The Balaban J connectivity index is 1.56. The zero-order chi connectivity index (χ0) is 27.0. The number of aliphatic carboxylic acids is 1. The SMILES string of the molecule is CC(C)(OCCC(=O)N1CCc2c(n(Cc3ccc(OC(F)(F)F)c(Cl)c3)c3ncccc23)C1)C(=O)O. The van der Waals surface area contributed by atoms with Gasteiger partial charge in [0.25, 0.3) is 0 Å². The zero-order valence-corrected chi connectivity index (χ0v) is 20.9. The maximum Gasteiger partial charge on any atom is 0.573 e. The van der Waals surface area contributed by atoms with E-state index in [9.17, 15) is 27.9 Å². The van der Waals surface area contributed by atoms with Crippen molar-refractivity contribution in [1.29, 1.82) is 0 Å². The first-order valence-corrected chi connectivity index (χ1v) is 11.9. The van der Waals surface area contributed by atoms with Crippen LogP contribution in [0.5, 0.6) is 5.75 Å². The van der Waals surface area contributed by atoms with Crippen molar-refractivity contribution in [3.63, 3.8) is 0 Å². The van der Waals surface area contributed by atoms with Gasteiger partial charge in [-0.1, -0.05) is 17.7 Å². The molecule has 198 valence electrons. The number of rotatable bonds is 8. The van der Waals surface area contributed by atoms with Crippen LogP contribution >= 0.6 is 11.6 Å². The summed E-state index contributed by atoms with van der Waals surface area (Å²) in [5.74, 6) is -1.77. The van der Waals surface area contributed by atoms with Gasteiger partial charge in [-0.3, -0.25) is 4.79 Å². The second kappa shape index (κ2) is 10.2. The van der Waals surface area contributed by atoms with Gasteiger partial charge in [-0.2, -0.15) is 0 Å². The molecule has 1 amide bonds. The maximum absolute atomic E-state index is 12.9. The normalized spacial score (nSPS) is 14.1. The second-order valence-electron chi connectivity index (χ2n) is 9.18. The van der Waals surface area contributed by atoms with E-state index in [-0.39, 0.29) is 30.5 Å². The van der Waals surface area contributed by atoms with Crippen LogP contribution in [0.4, 0.5) is 13.2 Å². The number of halogens is 4. The molecule has 8 nitrogen and oxygen atoms in total. The number of pyridine rings is 1. The molecule has 0 spiro atoms. The number of fused-ring (bicyclic) bond motifs is 3. The van der Waals surface area contributed by atoms with Crippen LogP contribution in [0.2, 0.25) is 5.02 Å². The standard InChI is InChI=1S/C25H25ClF3N3O5/c1-24(2,23(34)35)36-11-8-21(33)31-10-7-16-17-4-3-9-30-22(17)32(19(16)14-31)13-15-5-6-20(18(26)12-15)37-25(27,28)29/h3-6,9,12H,7-8,10-11,13-14H2,1-2H3,(H,34,35). The molecule has 1 aliphatic heterocycles. The summed E-state index contributed by atoms with van der Waals surface area (Å²) in [6.07, 6.45) is -2.57. The molecule has 0 aliphatic carbocycles. The minimum absolute atomic E-state index is 0.0286. The molecule has 0 saturated carbocycles. The third-order valence-electron chi connectivity index (χ3n) is 6.22. The average molecular weight is 540 g/mol. The summed E-state index contributed by atoms with van der Waals surface area (Å²) in [5.41, 5.74) is 1.86. The van der Waals surface area contributed by atoms with Gasteiger partial charge in [-0.15, -0.1) is 13.2 Å². The quantitative estimate of drug-likeness (QED) is 0.442. The Kier molecular flexibility index (Phi) is 7.38. The molecule has 1 aromatic carbocycles. The fraction of sp³-hybridized carbons (Fsp3) is 0.400. The number of carbonyl (C=O) groups excluding carboxylic acids is 1. The topological polar surface area (TPSA) is 93.9 Å². The highest BCUT2D eigenvalue weighted by atomic mass is 35.5. The largest absolute Gasteiger partial charge is 0.573 e. The molecule has 0 saturated heterocycles. The van der Waals surface area contributed by atoms with Crippen molar-refractivity contribution in [2.24, 2.45) is 0 Å². The van der Waals surface area contributed by atoms with E-state index in [0.29, 0.717) is 30.7 Å². The van der Waals surface area contributed by atoms with Gasteiger partial charge in [0.15, 0.2) is 5.60 Å². The van der Waals surface area contributed by atoms with E-state index < -0.39 is 23.7 Å². The molecule has 0 bridgehead atoms. The van der Waals surface area contributed by atoms with Gasteiger partial charge in [-0.25, -0.2) is 9.78 Å². The summed E-state index contributed by atoms with van der Waals surface area (Å²) in [6, 6.07) is 7.86. The number of amides is 1. The average Bonchev–Trinajstić information content (AvgIpc) is 3.13. The van der Waals surface area contributed by atoms with Gasteiger partial charge in [0.1, 0.15) is 11.4 Å². The summed E-state index contributed by atoms with van der Waals surface area (Å²) in [4.78, 5) is 30.3. The van der Waals surface area contributed by atoms with Crippen LogP contribution in [-0.2, 0) is 33.8 Å². The highest BCUT2D eigenvalue weighted by molar-refractivity contribution is 6.32. The minimum atomic E-state index is -4.85. The van der Waals surface area contributed by atoms with E-state index >= 15 is 0 Å². The molecule has 0 atom stereocenters. The molecule has 3 heterocycles. The predicted octanol–water partition coefficient (Wildman–Crippen LogP) is 4.79. The number of carboxylic acids is 1.